The van der Waals surface area contributed by atoms with E-state index in [4.69, 9.17) is 4.74 Å². The van der Waals surface area contributed by atoms with Crippen molar-refractivity contribution < 1.29 is 4.74 Å². The lowest BCUT2D eigenvalue weighted by Crippen LogP contribution is -2.15. The summed E-state index contributed by atoms with van der Waals surface area (Å²) in [7, 11) is 1.81. The van der Waals surface area contributed by atoms with Crippen LogP contribution in [-0.4, -0.2) is 13.2 Å². The van der Waals surface area contributed by atoms with Crippen molar-refractivity contribution in [1.82, 2.24) is 0 Å². The highest BCUT2D eigenvalue weighted by atomic mass is 16.5. The zero-order chi connectivity index (χ0) is 12.6. The van der Waals surface area contributed by atoms with E-state index in [0.717, 1.165) is 17.8 Å². The molecule has 0 rings (SSSR count). The molecule has 1 heteroatoms. The molecule has 0 aliphatic heterocycles. The lowest BCUT2D eigenvalue weighted by molar-refractivity contribution is 0.100. The summed E-state index contributed by atoms with van der Waals surface area (Å²) in [4.78, 5) is 0. The van der Waals surface area contributed by atoms with Crippen molar-refractivity contribution >= 4 is 0 Å². The van der Waals surface area contributed by atoms with Crippen LogP contribution in [0.1, 0.15) is 66.7 Å². The molecule has 3 atom stereocenters. The van der Waals surface area contributed by atoms with Gasteiger partial charge in [0.1, 0.15) is 0 Å². The lowest BCUT2D eigenvalue weighted by Gasteiger charge is -2.24. The standard InChI is InChI=1S/C15H32O/c1-7-15(11-8-12(2)3)13(4)9-10-14(5)16-6/h12-15H,7-11H2,1-6H3. The third-order valence-electron chi connectivity index (χ3n) is 3.87. The molecule has 0 radical (unpaired) electrons. The molecular formula is C15H32O. The molecule has 0 spiro atoms. The minimum atomic E-state index is 0.421. The average Bonchev–Trinajstić information content (AvgIpc) is 2.26. The Hall–Kier alpha value is -0.0400. The Morgan fingerprint density at radius 3 is 1.94 bits per heavy atom. The summed E-state index contributed by atoms with van der Waals surface area (Å²) >= 11 is 0. The summed E-state index contributed by atoms with van der Waals surface area (Å²) in [6.07, 6.45) is 7.04. The molecule has 1 nitrogen and oxygen atoms in total. The smallest absolute Gasteiger partial charge is 0.0543 e. The average molecular weight is 228 g/mol. The van der Waals surface area contributed by atoms with E-state index in [1.807, 2.05) is 7.11 Å². The van der Waals surface area contributed by atoms with Gasteiger partial charge in [-0.2, -0.15) is 0 Å². The Bertz CT molecular complexity index is 154. The van der Waals surface area contributed by atoms with Crippen molar-refractivity contribution in [2.75, 3.05) is 7.11 Å². The molecule has 0 aliphatic rings. The van der Waals surface area contributed by atoms with E-state index in [-0.39, 0.29) is 0 Å². The minimum Gasteiger partial charge on any atom is -0.382 e. The minimum absolute atomic E-state index is 0.421. The first kappa shape index (κ1) is 16.0. The van der Waals surface area contributed by atoms with Crippen LogP contribution in [0.15, 0.2) is 0 Å². The fourth-order valence-corrected chi connectivity index (χ4v) is 2.29. The quantitative estimate of drug-likeness (QED) is 0.545. The molecule has 0 fully saturated rings. The summed E-state index contributed by atoms with van der Waals surface area (Å²) in [5, 5.41) is 0. The summed E-state index contributed by atoms with van der Waals surface area (Å²) in [5.74, 6) is 2.60. The molecule has 98 valence electrons. The molecule has 0 saturated carbocycles. The van der Waals surface area contributed by atoms with Crippen LogP contribution in [0, 0.1) is 17.8 Å². The summed E-state index contributed by atoms with van der Waals surface area (Å²) < 4.78 is 5.31. The van der Waals surface area contributed by atoms with E-state index < -0.39 is 0 Å². The normalized spacial score (nSPS) is 17.4. The fourth-order valence-electron chi connectivity index (χ4n) is 2.29. The maximum Gasteiger partial charge on any atom is 0.0543 e. The maximum absolute atomic E-state index is 5.31. The Morgan fingerprint density at radius 2 is 1.50 bits per heavy atom. The Morgan fingerprint density at radius 1 is 0.875 bits per heavy atom. The van der Waals surface area contributed by atoms with Gasteiger partial charge in [0.15, 0.2) is 0 Å². The zero-order valence-corrected chi connectivity index (χ0v) is 12.3. The van der Waals surface area contributed by atoms with Crippen molar-refractivity contribution in [3.05, 3.63) is 0 Å². The number of ether oxygens (including phenoxy) is 1. The molecule has 0 bridgehead atoms. The van der Waals surface area contributed by atoms with E-state index in [2.05, 4.69) is 34.6 Å². The molecule has 0 aromatic carbocycles. The molecule has 0 N–H and O–H groups in total. The molecule has 0 aliphatic carbocycles. The monoisotopic (exact) mass is 228 g/mol. The summed E-state index contributed by atoms with van der Waals surface area (Å²) in [5.41, 5.74) is 0. The lowest BCUT2D eigenvalue weighted by atomic mass is 9.83. The van der Waals surface area contributed by atoms with Gasteiger partial charge >= 0.3 is 0 Å². The van der Waals surface area contributed by atoms with E-state index >= 15 is 0 Å². The number of methoxy groups -OCH3 is 1. The largest absolute Gasteiger partial charge is 0.382 e. The second-order valence-corrected chi connectivity index (χ2v) is 5.74. The number of hydrogen-bond acceptors (Lipinski definition) is 1. The third kappa shape index (κ3) is 7.27. The van der Waals surface area contributed by atoms with Gasteiger partial charge in [0, 0.05) is 7.11 Å². The van der Waals surface area contributed by atoms with Crippen molar-refractivity contribution in [2.24, 2.45) is 17.8 Å². The molecule has 0 aromatic heterocycles. The molecule has 0 amide bonds. The van der Waals surface area contributed by atoms with Crippen LogP contribution >= 0.6 is 0 Å². The summed E-state index contributed by atoms with van der Waals surface area (Å²) in [6.45, 7) is 11.6. The van der Waals surface area contributed by atoms with Crippen LogP contribution in [-0.2, 0) is 4.74 Å². The van der Waals surface area contributed by atoms with Crippen LogP contribution in [0.2, 0.25) is 0 Å². The van der Waals surface area contributed by atoms with Gasteiger partial charge in [-0.3, -0.25) is 0 Å². The van der Waals surface area contributed by atoms with Crippen molar-refractivity contribution in [3.8, 4) is 0 Å². The molecule has 3 unspecified atom stereocenters. The highest BCUT2D eigenvalue weighted by Crippen LogP contribution is 2.27. The Labute approximate surface area is 103 Å². The fraction of sp³-hybridized carbons (Fsp3) is 1.00. The summed E-state index contributed by atoms with van der Waals surface area (Å²) in [6, 6.07) is 0. The van der Waals surface area contributed by atoms with Crippen molar-refractivity contribution in [3.63, 3.8) is 0 Å². The van der Waals surface area contributed by atoms with Gasteiger partial charge in [-0.15, -0.1) is 0 Å². The SMILES string of the molecule is CCC(CCC(C)C)C(C)CCC(C)OC. The van der Waals surface area contributed by atoms with Crippen molar-refractivity contribution in [2.45, 2.75) is 72.8 Å². The van der Waals surface area contributed by atoms with Gasteiger partial charge in [0.05, 0.1) is 6.10 Å². The highest BCUT2D eigenvalue weighted by Gasteiger charge is 2.16. The van der Waals surface area contributed by atoms with E-state index in [1.165, 1.54) is 32.1 Å². The van der Waals surface area contributed by atoms with Crippen LogP contribution in [0.25, 0.3) is 0 Å². The molecule has 16 heavy (non-hydrogen) atoms. The van der Waals surface area contributed by atoms with Gasteiger partial charge in [0.2, 0.25) is 0 Å². The van der Waals surface area contributed by atoms with E-state index in [0.29, 0.717) is 6.10 Å². The predicted molar refractivity (Wildman–Crippen MR) is 72.7 cm³/mol. The second kappa shape index (κ2) is 9.04. The Kier molecular flexibility index (Phi) is 9.02. The first-order valence-corrected chi connectivity index (χ1v) is 7.04. The predicted octanol–water partition coefficient (Wildman–Crippen LogP) is 4.90. The van der Waals surface area contributed by atoms with Gasteiger partial charge in [-0.1, -0.05) is 40.5 Å². The molecule has 0 heterocycles. The van der Waals surface area contributed by atoms with Crippen LogP contribution < -0.4 is 0 Å². The zero-order valence-electron chi connectivity index (χ0n) is 12.3. The van der Waals surface area contributed by atoms with Crippen LogP contribution in [0.5, 0.6) is 0 Å². The highest BCUT2D eigenvalue weighted by molar-refractivity contribution is 4.67. The van der Waals surface area contributed by atoms with Gasteiger partial charge in [0.25, 0.3) is 0 Å². The first-order valence-electron chi connectivity index (χ1n) is 7.04. The van der Waals surface area contributed by atoms with Gasteiger partial charge < -0.3 is 4.74 Å². The maximum atomic E-state index is 5.31. The van der Waals surface area contributed by atoms with Gasteiger partial charge in [-0.05, 0) is 43.9 Å². The third-order valence-corrected chi connectivity index (χ3v) is 3.87. The Balaban J connectivity index is 3.85. The molecule has 0 aromatic rings. The van der Waals surface area contributed by atoms with Crippen molar-refractivity contribution in [1.29, 1.82) is 0 Å². The number of hydrogen-bond donors (Lipinski definition) is 0. The molecule has 0 saturated heterocycles. The van der Waals surface area contributed by atoms with E-state index in [1.54, 1.807) is 0 Å². The van der Waals surface area contributed by atoms with Gasteiger partial charge in [-0.25, -0.2) is 0 Å². The second-order valence-electron chi connectivity index (χ2n) is 5.74. The first-order chi connectivity index (χ1) is 7.51. The molecular weight excluding hydrogens is 196 g/mol. The number of rotatable bonds is 9. The van der Waals surface area contributed by atoms with E-state index in [9.17, 15) is 0 Å². The van der Waals surface area contributed by atoms with Crippen LogP contribution in [0.4, 0.5) is 0 Å². The van der Waals surface area contributed by atoms with Crippen LogP contribution in [0.3, 0.4) is 0 Å². The topological polar surface area (TPSA) is 9.23 Å².